The highest BCUT2D eigenvalue weighted by molar-refractivity contribution is 9.09. The van der Waals surface area contributed by atoms with Crippen molar-refractivity contribution in [2.45, 2.75) is 34.2 Å². The number of sulfone groups is 1. The van der Waals surface area contributed by atoms with Crippen molar-refractivity contribution < 1.29 is 8.42 Å². The smallest absolute Gasteiger partial charge is 0.182 e. The second-order valence-corrected chi connectivity index (χ2v) is 8.26. The van der Waals surface area contributed by atoms with Crippen LogP contribution in [0.4, 0.5) is 0 Å². The minimum Gasteiger partial charge on any atom is -0.223 e. The van der Waals surface area contributed by atoms with Gasteiger partial charge in [0.2, 0.25) is 0 Å². The first-order valence-corrected chi connectivity index (χ1v) is 8.50. The number of hydrogen-bond acceptors (Lipinski definition) is 2. The van der Waals surface area contributed by atoms with E-state index in [-0.39, 0.29) is 10.1 Å². The van der Waals surface area contributed by atoms with Crippen molar-refractivity contribution in [2.75, 3.05) is 0 Å². The van der Waals surface area contributed by atoms with E-state index >= 15 is 0 Å². The third kappa shape index (κ3) is 1.76. The zero-order chi connectivity index (χ0) is 12.0. The van der Waals surface area contributed by atoms with E-state index in [1.54, 1.807) is 24.3 Å². The van der Waals surface area contributed by atoms with Crippen molar-refractivity contribution in [3.05, 3.63) is 30.3 Å². The topological polar surface area (TPSA) is 34.1 Å². The summed E-state index contributed by atoms with van der Waals surface area (Å²) in [6.07, 6.45) is 3.33. The fourth-order valence-corrected chi connectivity index (χ4v) is 7.29. The number of fused-ring (bicyclic) bond motifs is 2. The van der Waals surface area contributed by atoms with Crippen LogP contribution in [0.2, 0.25) is 0 Å². The summed E-state index contributed by atoms with van der Waals surface area (Å²) in [6.45, 7) is 0. The Morgan fingerprint density at radius 1 is 1.06 bits per heavy atom. The molecule has 0 amide bonds. The van der Waals surface area contributed by atoms with Gasteiger partial charge in [-0.3, -0.25) is 0 Å². The van der Waals surface area contributed by atoms with Gasteiger partial charge in [-0.2, -0.15) is 0 Å². The van der Waals surface area contributed by atoms with Crippen LogP contribution in [-0.4, -0.2) is 18.5 Å². The highest BCUT2D eigenvalue weighted by atomic mass is 79.9. The maximum Gasteiger partial charge on any atom is 0.182 e. The van der Waals surface area contributed by atoms with Crippen molar-refractivity contribution in [1.29, 1.82) is 0 Å². The van der Waals surface area contributed by atoms with Gasteiger partial charge in [0, 0.05) is 4.83 Å². The van der Waals surface area contributed by atoms with E-state index in [9.17, 15) is 8.42 Å². The van der Waals surface area contributed by atoms with Gasteiger partial charge in [-0.15, -0.1) is 0 Å². The van der Waals surface area contributed by atoms with E-state index in [0.29, 0.717) is 16.7 Å². The van der Waals surface area contributed by atoms with Crippen molar-refractivity contribution in [3.63, 3.8) is 0 Å². The molecule has 3 rings (SSSR count). The van der Waals surface area contributed by atoms with Crippen LogP contribution in [0.3, 0.4) is 0 Å². The molecule has 0 N–H and O–H groups in total. The Bertz CT molecular complexity index is 509. The summed E-state index contributed by atoms with van der Waals surface area (Å²) in [5.74, 6) is 0.915. The molecular weight excluding hydrogens is 300 g/mol. The molecule has 0 radical (unpaired) electrons. The maximum absolute atomic E-state index is 12.6. The third-order valence-corrected chi connectivity index (χ3v) is 8.16. The average Bonchev–Trinajstić information content (AvgIpc) is 2.90. The lowest BCUT2D eigenvalue weighted by Crippen LogP contribution is -2.35. The van der Waals surface area contributed by atoms with Crippen LogP contribution in [-0.2, 0) is 9.84 Å². The molecule has 4 heteroatoms. The van der Waals surface area contributed by atoms with Crippen molar-refractivity contribution in [1.82, 2.24) is 0 Å². The van der Waals surface area contributed by atoms with Gasteiger partial charge in [0.15, 0.2) is 9.84 Å². The SMILES string of the molecule is O=S(=O)(c1ccccc1)[C@@H]1[C@H]2CC[C@H](C2)[C@H]1Br. The largest absolute Gasteiger partial charge is 0.223 e. The van der Waals surface area contributed by atoms with Crippen LogP contribution < -0.4 is 0 Å². The number of halogens is 1. The molecule has 1 aromatic rings. The molecule has 2 fully saturated rings. The molecule has 2 aliphatic carbocycles. The Morgan fingerprint density at radius 3 is 2.29 bits per heavy atom. The van der Waals surface area contributed by atoms with E-state index in [1.165, 1.54) is 6.42 Å². The highest BCUT2D eigenvalue weighted by Gasteiger charge is 2.52. The molecule has 92 valence electrons. The molecule has 1 aromatic carbocycles. The van der Waals surface area contributed by atoms with Crippen LogP contribution in [0.15, 0.2) is 35.2 Å². The number of rotatable bonds is 2. The summed E-state index contributed by atoms with van der Waals surface area (Å²) in [5.41, 5.74) is 0. The van der Waals surface area contributed by atoms with E-state index in [2.05, 4.69) is 15.9 Å². The third-order valence-electron chi connectivity index (χ3n) is 4.17. The summed E-state index contributed by atoms with van der Waals surface area (Å²) >= 11 is 3.62. The Morgan fingerprint density at radius 2 is 1.71 bits per heavy atom. The molecule has 0 aliphatic heterocycles. The molecule has 0 spiro atoms. The fraction of sp³-hybridized carbons (Fsp3) is 0.538. The van der Waals surface area contributed by atoms with E-state index < -0.39 is 9.84 Å². The second kappa shape index (κ2) is 4.09. The Balaban J connectivity index is 2.00. The molecular formula is C13H15BrO2S. The quantitative estimate of drug-likeness (QED) is 0.786. The summed E-state index contributed by atoms with van der Waals surface area (Å²) < 4.78 is 25.2. The van der Waals surface area contributed by atoms with Gasteiger partial charge in [-0.25, -0.2) is 8.42 Å². The van der Waals surface area contributed by atoms with E-state index in [4.69, 9.17) is 0 Å². The van der Waals surface area contributed by atoms with Gasteiger partial charge < -0.3 is 0 Å². The predicted octanol–water partition coefficient (Wildman–Crippen LogP) is 3.02. The number of hydrogen-bond donors (Lipinski definition) is 0. The Kier molecular flexibility index (Phi) is 2.82. The number of benzene rings is 1. The lowest BCUT2D eigenvalue weighted by atomic mass is 10.0. The zero-order valence-corrected chi connectivity index (χ0v) is 11.8. The van der Waals surface area contributed by atoms with Gasteiger partial charge in [0.25, 0.3) is 0 Å². The van der Waals surface area contributed by atoms with Crippen molar-refractivity contribution in [3.8, 4) is 0 Å². The molecule has 2 nitrogen and oxygen atoms in total. The monoisotopic (exact) mass is 314 g/mol. The van der Waals surface area contributed by atoms with Crippen molar-refractivity contribution in [2.24, 2.45) is 11.8 Å². The summed E-state index contributed by atoms with van der Waals surface area (Å²) in [5, 5.41) is -0.219. The minimum atomic E-state index is -3.17. The first-order chi connectivity index (χ1) is 8.10. The van der Waals surface area contributed by atoms with Gasteiger partial charge in [-0.1, -0.05) is 34.1 Å². The Labute approximate surface area is 110 Å². The molecule has 4 atom stereocenters. The maximum atomic E-state index is 12.6. The fourth-order valence-electron chi connectivity index (χ4n) is 3.36. The molecule has 2 aliphatic rings. The lowest BCUT2D eigenvalue weighted by Gasteiger charge is -2.26. The van der Waals surface area contributed by atoms with Crippen LogP contribution in [0.25, 0.3) is 0 Å². The van der Waals surface area contributed by atoms with E-state index in [0.717, 1.165) is 12.8 Å². The first-order valence-electron chi connectivity index (χ1n) is 6.04. The van der Waals surface area contributed by atoms with Gasteiger partial charge in [0.05, 0.1) is 10.1 Å². The van der Waals surface area contributed by atoms with Crippen molar-refractivity contribution >= 4 is 25.8 Å². The second-order valence-electron chi connectivity index (χ2n) is 5.10. The van der Waals surface area contributed by atoms with Gasteiger partial charge >= 0.3 is 0 Å². The summed E-state index contributed by atoms with van der Waals surface area (Å²) in [6, 6.07) is 8.86. The van der Waals surface area contributed by atoms with E-state index in [1.807, 2.05) is 6.07 Å². The van der Waals surface area contributed by atoms with Crippen LogP contribution in [0.1, 0.15) is 19.3 Å². The molecule has 0 unspecified atom stereocenters. The standard InChI is InChI=1S/C13H15BrO2S/c14-12-9-6-7-10(8-9)13(12)17(15,16)11-4-2-1-3-5-11/h1-5,9-10,12-13H,6-8H2/t9-,10+,12-,13-/m1/s1. The molecule has 0 heterocycles. The van der Waals surface area contributed by atoms with Crippen LogP contribution in [0, 0.1) is 11.8 Å². The Hall–Kier alpha value is -0.350. The lowest BCUT2D eigenvalue weighted by molar-refractivity contribution is 0.478. The summed E-state index contributed by atoms with van der Waals surface area (Å²) in [7, 11) is -3.17. The number of alkyl halides is 1. The van der Waals surface area contributed by atoms with Crippen LogP contribution in [0.5, 0.6) is 0 Å². The normalized spacial score (nSPS) is 36.3. The average molecular weight is 315 g/mol. The van der Waals surface area contributed by atoms with Crippen LogP contribution >= 0.6 is 15.9 Å². The predicted molar refractivity (Wildman–Crippen MR) is 71.0 cm³/mol. The highest BCUT2D eigenvalue weighted by Crippen LogP contribution is 2.51. The minimum absolute atomic E-state index is 0.145. The van der Waals surface area contributed by atoms with Gasteiger partial charge in [0.1, 0.15) is 0 Å². The molecule has 0 aromatic heterocycles. The van der Waals surface area contributed by atoms with Gasteiger partial charge in [-0.05, 0) is 43.2 Å². The molecule has 2 saturated carbocycles. The molecule has 17 heavy (non-hydrogen) atoms. The molecule has 0 saturated heterocycles. The zero-order valence-electron chi connectivity index (χ0n) is 9.42. The first kappa shape index (κ1) is 11.7. The summed E-state index contributed by atoms with van der Waals surface area (Å²) in [4.78, 5) is 0.619. The molecule has 2 bridgehead atoms.